The van der Waals surface area contributed by atoms with Gasteiger partial charge in [-0.25, -0.2) is 4.39 Å². The molecule has 0 bridgehead atoms. The Morgan fingerprint density at radius 1 is 1.35 bits per heavy atom. The summed E-state index contributed by atoms with van der Waals surface area (Å²) in [7, 11) is 0. The van der Waals surface area contributed by atoms with E-state index in [1.165, 1.54) is 12.1 Å². The molecule has 1 saturated carbocycles. The summed E-state index contributed by atoms with van der Waals surface area (Å²) in [6, 6.07) is 3.35. The van der Waals surface area contributed by atoms with Gasteiger partial charge in [0.05, 0.1) is 11.0 Å². The molecule has 20 heavy (non-hydrogen) atoms. The Labute approximate surface area is 117 Å². The van der Waals surface area contributed by atoms with Crippen molar-refractivity contribution in [1.82, 2.24) is 5.32 Å². The molecule has 0 radical (unpaired) electrons. The molecule has 0 spiro atoms. The van der Waals surface area contributed by atoms with E-state index < -0.39 is 16.8 Å². The van der Waals surface area contributed by atoms with Crippen molar-refractivity contribution < 1.29 is 14.4 Å². The zero-order chi connectivity index (χ0) is 14.5. The molecule has 110 valence electrons. The molecule has 2 atom stereocenters. The van der Waals surface area contributed by atoms with Gasteiger partial charge in [-0.1, -0.05) is 19.3 Å². The number of nitrogens with one attached hydrogen (secondary N) is 1. The highest BCUT2D eigenvalue weighted by Crippen LogP contribution is 2.22. The maximum atomic E-state index is 13.2. The first-order valence-electron chi connectivity index (χ1n) is 6.92. The summed E-state index contributed by atoms with van der Waals surface area (Å²) in [4.78, 5) is 10.4. The topological polar surface area (TPSA) is 75.4 Å². The largest absolute Gasteiger partial charge is 0.392 e. The summed E-state index contributed by atoms with van der Waals surface area (Å²) in [6.07, 6.45) is 4.26. The SMILES string of the molecule is O=[N+]([O-])c1ccc(F)cc1CNC1CCCCCC1O. The van der Waals surface area contributed by atoms with Crippen molar-refractivity contribution in [3.63, 3.8) is 0 Å². The minimum absolute atomic E-state index is 0.0830. The Bertz CT molecular complexity index is 481. The average Bonchev–Trinajstić information content (AvgIpc) is 2.61. The molecule has 0 saturated heterocycles. The molecule has 5 nitrogen and oxygen atoms in total. The molecule has 0 aromatic heterocycles. The highest BCUT2D eigenvalue weighted by atomic mass is 19.1. The number of aliphatic hydroxyl groups excluding tert-OH is 1. The van der Waals surface area contributed by atoms with E-state index in [9.17, 15) is 19.6 Å². The molecule has 2 unspecified atom stereocenters. The fourth-order valence-electron chi connectivity index (χ4n) is 2.64. The first kappa shape index (κ1) is 14.9. The zero-order valence-electron chi connectivity index (χ0n) is 11.2. The van der Waals surface area contributed by atoms with E-state index in [0.717, 1.165) is 38.2 Å². The Morgan fingerprint density at radius 2 is 2.10 bits per heavy atom. The van der Waals surface area contributed by atoms with Crippen molar-refractivity contribution >= 4 is 5.69 Å². The number of nitrogens with zero attached hydrogens (tertiary/aromatic N) is 1. The van der Waals surface area contributed by atoms with Crippen LogP contribution in [0.25, 0.3) is 0 Å². The zero-order valence-corrected chi connectivity index (χ0v) is 11.2. The molecule has 1 fully saturated rings. The molecular weight excluding hydrogens is 263 g/mol. The number of halogens is 1. The first-order valence-corrected chi connectivity index (χ1v) is 6.92. The maximum Gasteiger partial charge on any atom is 0.274 e. The summed E-state index contributed by atoms with van der Waals surface area (Å²) >= 11 is 0. The molecule has 1 aromatic carbocycles. The van der Waals surface area contributed by atoms with Crippen molar-refractivity contribution in [2.45, 2.75) is 50.8 Å². The van der Waals surface area contributed by atoms with Crippen molar-refractivity contribution in [2.75, 3.05) is 0 Å². The molecular formula is C14H19FN2O3. The molecule has 0 amide bonds. The third kappa shape index (κ3) is 3.74. The molecule has 2 N–H and O–H groups in total. The van der Waals surface area contributed by atoms with Gasteiger partial charge >= 0.3 is 0 Å². The van der Waals surface area contributed by atoms with E-state index in [1.54, 1.807) is 0 Å². The average molecular weight is 282 g/mol. The van der Waals surface area contributed by atoms with Crippen LogP contribution >= 0.6 is 0 Å². The number of hydrogen-bond donors (Lipinski definition) is 2. The number of benzene rings is 1. The summed E-state index contributed by atoms with van der Waals surface area (Å²) < 4.78 is 13.2. The second kappa shape index (κ2) is 6.76. The molecule has 0 heterocycles. The third-order valence-electron chi connectivity index (χ3n) is 3.77. The minimum atomic E-state index is -0.514. The van der Waals surface area contributed by atoms with Crippen LogP contribution in [0.1, 0.15) is 37.7 Å². The predicted molar refractivity (Wildman–Crippen MR) is 72.8 cm³/mol. The van der Waals surface area contributed by atoms with Crippen LogP contribution in [0, 0.1) is 15.9 Å². The van der Waals surface area contributed by atoms with Gasteiger partial charge < -0.3 is 10.4 Å². The molecule has 6 heteroatoms. The van der Waals surface area contributed by atoms with E-state index in [-0.39, 0.29) is 18.3 Å². The molecule has 2 rings (SSSR count). The van der Waals surface area contributed by atoms with Crippen LogP contribution in [0.5, 0.6) is 0 Å². The van der Waals surface area contributed by atoms with Crippen LogP contribution < -0.4 is 5.32 Å². The van der Waals surface area contributed by atoms with Crippen molar-refractivity contribution in [3.05, 3.63) is 39.7 Å². The summed E-state index contributed by atoms with van der Waals surface area (Å²) in [5, 5.41) is 24.0. The van der Waals surface area contributed by atoms with Crippen LogP contribution in [0.15, 0.2) is 18.2 Å². The third-order valence-corrected chi connectivity index (χ3v) is 3.77. The van der Waals surface area contributed by atoms with Crippen molar-refractivity contribution in [2.24, 2.45) is 0 Å². The normalized spacial score (nSPS) is 23.3. The lowest BCUT2D eigenvalue weighted by molar-refractivity contribution is -0.385. The second-order valence-corrected chi connectivity index (χ2v) is 5.22. The van der Waals surface area contributed by atoms with Crippen LogP contribution in [0.2, 0.25) is 0 Å². The Morgan fingerprint density at radius 3 is 2.85 bits per heavy atom. The number of nitro benzene ring substituents is 1. The predicted octanol–water partition coefficient (Wildman–Crippen LogP) is 2.52. The van der Waals surface area contributed by atoms with E-state index in [4.69, 9.17) is 0 Å². The van der Waals surface area contributed by atoms with Gasteiger partial charge in [0.25, 0.3) is 5.69 Å². The molecule has 1 aromatic rings. The van der Waals surface area contributed by atoms with Gasteiger partial charge in [0.2, 0.25) is 0 Å². The lowest BCUT2D eigenvalue weighted by atomic mass is 10.1. The molecule has 1 aliphatic rings. The minimum Gasteiger partial charge on any atom is -0.392 e. The van der Waals surface area contributed by atoms with Gasteiger partial charge in [-0.15, -0.1) is 0 Å². The van der Waals surface area contributed by atoms with Gasteiger partial charge in [0, 0.05) is 24.2 Å². The van der Waals surface area contributed by atoms with E-state index in [1.807, 2.05) is 0 Å². The Kier molecular flexibility index (Phi) is 5.03. The first-order chi connectivity index (χ1) is 9.58. The standard InChI is InChI=1S/C14H19FN2O3/c15-11-6-7-13(17(19)20)10(8-11)9-16-12-4-2-1-3-5-14(12)18/h6-8,12,14,16,18H,1-5,9H2. The molecule has 0 aliphatic heterocycles. The number of rotatable bonds is 4. The fraction of sp³-hybridized carbons (Fsp3) is 0.571. The Balaban J connectivity index is 2.05. The lowest BCUT2D eigenvalue weighted by Crippen LogP contribution is -2.38. The van der Waals surface area contributed by atoms with Crippen LogP contribution in [0.4, 0.5) is 10.1 Å². The highest BCUT2D eigenvalue weighted by Gasteiger charge is 2.22. The highest BCUT2D eigenvalue weighted by molar-refractivity contribution is 5.40. The van der Waals surface area contributed by atoms with Crippen LogP contribution in [-0.2, 0) is 6.54 Å². The van der Waals surface area contributed by atoms with Gasteiger partial charge in [-0.2, -0.15) is 0 Å². The van der Waals surface area contributed by atoms with E-state index in [2.05, 4.69) is 5.32 Å². The number of aliphatic hydroxyl groups is 1. The lowest BCUT2D eigenvalue weighted by Gasteiger charge is -2.21. The number of nitro groups is 1. The van der Waals surface area contributed by atoms with Gasteiger partial charge in [-0.05, 0) is 25.0 Å². The maximum absolute atomic E-state index is 13.2. The summed E-state index contributed by atoms with van der Waals surface area (Å²) in [5.41, 5.74) is 0.216. The fourth-order valence-corrected chi connectivity index (χ4v) is 2.64. The second-order valence-electron chi connectivity index (χ2n) is 5.22. The molecule has 1 aliphatic carbocycles. The summed E-state index contributed by atoms with van der Waals surface area (Å²) in [5.74, 6) is -0.492. The van der Waals surface area contributed by atoms with Gasteiger partial charge in [-0.3, -0.25) is 10.1 Å². The van der Waals surface area contributed by atoms with Crippen molar-refractivity contribution in [1.29, 1.82) is 0 Å². The van der Waals surface area contributed by atoms with Gasteiger partial charge in [0.1, 0.15) is 5.82 Å². The Hall–Kier alpha value is -1.53. The number of hydrogen-bond acceptors (Lipinski definition) is 4. The van der Waals surface area contributed by atoms with E-state index in [0.29, 0.717) is 5.56 Å². The monoisotopic (exact) mass is 282 g/mol. The van der Waals surface area contributed by atoms with Gasteiger partial charge in [0.15, 0.2) is 0 Å². The quantitative estimate of drug-likeness (QED) is 0.505. The van der Waals surface area contributed by atoms with Crippen LogP contribution in [-0.4, -0.2) is 22.2 Å². The summed E-state index contributed by atoms with van der Waals surface area (Å²) in [6.45, 7) is 0.190. The smallest absolute Gasteiger partial charge is 0.274 e. The van der Waals surface area contributed by atoms with E-state index >= 15 is 0 Å². The van der Waals surface area contributed by atoms with Crippen molar-refractivity contribution in [3.8, 4) is 0 Å². The van der Waals surface area contributed by atoms with Crippen LogP contribution in [0.3, 0.4) is 0 Å².